The van der Waals surface area contributed by atoms with Crippen molar-refractivity contribution >= 4 is 11.7 Å². The molecule has 1 rings (SSSR count). The number of carboxylic acid groups (broad SMARTS) is 1. The maximum Gasteiger partial charge on any atom is 0.324 e. The summed E-state index contributed by atoms with van der Waals surface area (Å²) >= 11 is 0. The van der Waals surface area contributed by atoms with Gasteiger partial charge < -0.3 is 9.84 Å². The van der Waals surface area contributed by atoms with Crippen LogP contribution in [-0.2, 0) is 4.79 Å². The van der Waals surface area contributed by atoms with Crippen LogP contribution >= 0.6 is 0 Å². The molecule has 2 N–H and O–H groups in total. The van der Waals surface area contributed by atoms with Crippen molar-refractivity contribution in [3.05, 3.63) is 34.1 Å². The number of nitrogens with zero attached hydrogens (tertiary/aromatic N) is 1. The third kappa shape index (κ3) is 4.16. The number of nitro benzene ring substituents is 1. The van der Waals surface area contributed by atoms with Crippen LogP contribution < -0.4 is 10.1 Å². The molecule has 20 heavy (non-hydrogen) atoms. The molecule has 1 unspecified atom stereocenters. The van der Waals surface area contributed by atoms with Crippen molar-refractivity contribution in [3.63, 3.8) is 0 Å². The van der Waals surface area contributed by atoms with Gasteiger partial charge in [0.25, 0.3) is 0 Å². The lowest BCUT2D eigenvalue weighted by atomic mass is 10.2. The molecule has 110 valence electrons. The highest BCUT2D eigenvalue weighted by Crippen LogP contribution is 2.29. The second-order valence-electron chi connectivity index (χ2n) is 4.37. The average molecular weight is 286 g/mol. The fourth-order valence-corrected chi connectivity index (χ4v) is 1.54. The minimum absolute atomic E-state index is 0.129. The monoisotopic (exact) mass is 286 g/mol. The summed E-state index contributed by atoms with van der Waals surface area (Å²) in [5, 5.41) is 22.4. The molecule has 0 fully saturated rings. The fourth-order valence-electron chi connectivity index (χ4n) is 1.54. The summed E-state index contributed by atoms with van der Waals surface area (Å²) in [7, 11) is 0. The Morgan fingerprint density at radius 3 is 2.70 bits per heavy atom. The summed E-state index contributed by atoms with van der Waals surface area (Å²) in [4.78, 5) is 21.0. The zero-order valence-electron chi connectivity index (χ0n) is 11.0. The summed E-state index contributed by atoms with van der Waals surface area (Å²) < 4.78 is 18.5. The van der Waals surface area contributed by atoms with Gasteiger partial charge in [0.15, 0.2) is 5.82 Å². The molecule has 0 aliphatic carbocycles. The minimum Gasteiger partial charge on any atom is -0.482 e. The summed E-state index contributed by atoms with van der Waals surface area (Å²) in [6.45, 7) is 3.05. The van der Waals surface area contributed by atoms with Gasteiger partial charge in [0.05, 0.1) is 4.92 Å². The van der Waals surface area contributed by atoms with E-state index in [9.17, 15) is 19.3 Å². The van der Waals surface area contributed by atoms with Gasteiger partial charge in [-0.1, -0.05) is 19.9 Å². The molecule has 0 saturated carbocycles. The van der Waals surface area contributed by atoms with Crippen LogP contribution in [-0.4, -0.2) is 34.7 Å². The van der Waals surface area contributed by atoms with E-state index in [2.05, 4.69) is 5.32 Å². The highest BCUT2D eigenvalue weighted by molar-refractivity contribution is 5.73. The molecule has 7 nitrogen and oxygen atoms in total. The second-order valence-corrected chi connectivity index (χ2v) is 4.37. The van der Waals surface area contributed by atoms with Crippen molar-refractivity contribution < 1.29 is 24.0 Å². The van der Waals surface area contributed by atoms with E-state index in [1.807, 2.05) is 0 Å². The van der Waals surface area contributed by atoms with E-state index in [1.165, 1.54) is 6.07 Å². The van der Waals surface area contributed by atoms with E-state index in [-0.39, 0.29) is 6.04 Å². The number of benzene rings is 1. The Morgan fingerprint density at radius 2 is 2.20 bits per heavy atom. The highest BCUT2D eigenvalue weighted by atomic mass is 19.1. The third-order valence-corrected chi connectivity index (χ3v) is 2.37. The third-order valence-electron chi connectivity index (χ3n) is 2.37. The Labute approximate surface area is 114 Å². The van der Waals surface area contributed by atoms with Gasteiger partial charge in [-0.3, -0.25) is 20.2 Å². The standard InChI is InChI=1S/C12H15FN2O5/c1-7(2)14-9(12(16)17)6-20-11-8(13)4-3-5-10(11)15(18)19/h3-5,7,9,14H,6H2,1-2H3,(H,16,17). The van der Waals surface area contributed by atoms with Gasteiger partial charge in [-0.25, -0.2) is 4.39 Å². The molecule has 0 radical (unpaired) electrons. The van der Waals surface area contributed by atoms with Gasteiger partial charge in [0, 0.05) is 12.1 Å². The molecule has 1 aromatic carbocycles. The molecule has 0 saturated heterocycles. The van der Waals surface area contributed by atoms with Crippen LogP contribution in [0.1, 0.15) is 13.8 Å². The van der Waals surface area contributed by atoms with Gasteiger partial charge in [0.2, 0.25) is 5.75 Å². The van der Waals surface area contributed by atoms with Gasteiger partial charge in [0.1, 0.15) is 12.6 Å². The fraction of sp³-hybridized carbons (Fsp3) is 0.417. The molecule has 1 atom stereocenters. The number of hydrogen-bond donors (Lipinski definition) is 2. The van der Waals surface area contributed by atoms with Crippen molar-refractivity contribution in [3.8, 4) is 5.75 Å². The Balaban J connectivity index is 2.87. The topological polar surface area (TPSA) is 102 Å². The van der Waals surface area contributed by atoms with Crippen LogP contribution in [0.4, 0.5) is 10.1 Å². The van der Waals surface area contributed by atoms with E-state index in [4.69, 9.17) is 9.84 Å². The van der Waals surface area contributed by atoms with Crippen molar-refractivity contribution in [1.29, 1.82) is 0 Å². The molecule has 0 aromatic heterocycles. The number of nitro groups is 1. The summed E-state index contributed by atoms with van der Waals surface area (Å²) in [6, 6.07) is 2.06. The zero-order valence-corrected chi connectivity index (χ0v) is 11.0. The van der Waals surface area contributed by atoms with Gasteiger partial charge in [-0.2, -0.15) is 0 Å². The Kier molecular flexibility index (Phi) is 5.39. The van der Waals surface area contributed by atoms with Crippen LogP contribution in [0.2, 0.25) is 0 Å². The zero-order chi connectivity index (χ0) is 15.3. The van der Waals surface area contributed by atoms with Gasteiger partial charge in [-0.15, -0.1) is 0 Å². The van der Waals surface area contributed by atoms with Crippen molar-refractivity contribution in [2.45, 2.75) is 25.9 Å². The van der Waals surface area contributed by atoms with Crippen LogP contribution in [0.15, 0.2) is 18.2 Å². The lowest BCUT2D eigenvalue weighted by Gasteiger charge is -2.17. The largest absolute Gasteiger partial charge is 0.482 e. The molecule has 0 amide bonds. The van der Waals surface area contributed by atoms with E-state index in [0.29, 0.717) is 0 Å². The van der Waals surface area contributed by atoms with E-state index in [0.717, 1.165) is 12.1 Å². The average Bonchev–Trinajstić information content (AvgIpc) is 2.34. The van der Waals surface area contributed by atoms with Crippen molar-refractivity contribution in [2.24, 2.45) is 0 Å². The molecule has 0 aliphatic heterocycles. The maximum atomic E-state index is 13.5. The lowest BCUT2D eigenvalue weighted by Crippen LogP contribution is -2.44. The molecular formula is C12H15FN2O5. The highest BCUT2D eigenvalue weighted by Gasteiger charge is 2.24. The minimum atomic E-state index is -1.18. The van der Waals surface area contributed by atoms with Crippen LogP contribution in [0.25, 0.3) is 0 Å². The Bertz CT molecular complexity index is 507. The first-order chi connectivity index (χ1) is 9.32. The van der Waals surface area contributed by atoms with Gasteiger partial charge >= 0.3 is 11.7 Å². The predicted octanol–water partition coefficient (Wildman–Crippen LogP) is 1.56. The van der Waals surface area contributed by atoms with Crippen LogP contribution in [0.5, 0.6) is 5.75 Å². The molecule has 1 aromatic rings. The summed E-state index contributed by atoms with van der Waals surface area (Å²) in [5.74, 6) is -2.65. The summed E-state index contributed by atoms with van der Waals surface area (Å²) in [5.41, 5.74) is -0.543. The second kappa shape index (κ2) is 6.80. The van der Waals surface area contributed by atoms with Crippen LogP contribution in [0, 0.1) is 15.9 Å². The van der Waals surface area contributed by atoms with Crippen molar-refractivity contribution in [2.75, 3.05) is 6.61 Å². The first kappa shape index (κ1) is 15.8. The van der Waals surface area contributed by atoms with Gasteiger partial charge in [-0.05, 0) is 6.07 Å². The van der Waals surface area contributed by atoms with E-state index >= 15 is 0 Å². The predicted molar refractivity (Wildman–Crippen MR) is 68.2 cm³/mol. The first-order valence-electron chi connectivity index (χ1n) is 5.87. The molecule has 8 heteroatoms. The van der Waals surface area contributed by atoms with Crippen molar-refractivity contribution in [1.82, 2.24) is 5.32 Å². The Morgan fingerprint density at radius 1 is 1.55 bits per heavy atom. The first-order valence-corrected chi connectivity index (χ1v) is 5.87. The normalized spacial score (nSPS) is 12.2. The molecule has 0 spiro atoms. The number of hydrogen-bond acceptors (Lipinski definition) is 5. The summed E-state index contributed by atoms with van der Waals surface area (Å²) in [6.07, 6.45) is 0. The smallest absolute Gasteiger partial charge is 0.324 e. The SMILES string of the molecule is CC(C)NC(COc1c(F)cccc1[N+](=O)[O-])C(=O)O. The molecule has 0 heterocycles. The molecular weight excluding hydrogens is 271 g/mol. The number of carbonyl (C=O) groups is 1. The Hall–Kier alpha value is -2.22. The number of para-hydroxylation sites is 1. The van der Waals surface area contributed by atoms with Crippen LogP contribution in [0.3, 0.4) is 0 Å². The number of ether oxygens (including phenoxy) is 1. The lowest BCUT2D eigenvalue weighted by molar-refractivity contribution is -0.386. The molecule has 0 bridgehead atoms. The number of carboxylic acids is 1. The molecule has 0 aliphatic rings. The quantitative estimate of drug-likeness (QED) is 0.582. The number of halogens is 1. The van der Waals surface area contributed by atoms with E-state index < -0.39 is 40.8 Å². The maximum absolute atomic E-state index is 13.5. The van der Waals surface area contributed by atoms with E-state index in [1.54, 1.807) is 13.8 Å². The number of nitrogens with one attached hydrogen (secondary N) is 1. The number of aliphatic carboxylic acids is 1. The number of rotatable bonds is 7.